The Hall–Kier alpha value is -1.26. The Labute approximate surface area is 117 Å². The van der Waals surface area contributed by atoms with E-state index in [1.807, 2.05) is 6.07 Å². The zero-order valence-corrected chi connectivity index (χ0v) is 12.4. The van der Waals surface area contributed by atoms with Crippen molar-refractivity contribution in [2.45, 2.75) is 33.7 Å². The minimum absolute atomic E-state index is 0.158. The lowest BCUT2D eigenvalue weighted by Crippen LogP contribution is -2.11. The lowest BCUT2D eigenvalue weighted by molar-refractivity contribution is 0.622. The van der Waals surface area contributed by atoms with Crippen LogP contribution in [0, 0.1) is 12.7 Å². The van der Waals surface area contributed by atoms with Crippen molar-refractivity contribution in [3.8, 4) is 10.6 Å². The molecule has 0 unspecified atom stereocenters. The molecule has 2 nitrogen and oxygen atoms in total. The Morgan fingerprint density at radius 2 is 2.11 bits per heavy atom. The molecule has 0 saturated heterocycles. The van der Waals surface area contributed by atoms with E-state index in [0.29, 0.717) is 11.1 Å². The third-order valence-electron chi connectivity index (χ3n) is 3.07. The highest BCUT2D eigenvalue weighted by Gasteiger charge is 2.14. The van der Waals surface area contributed by atoms with Crippen molar-refractivity contribution in [1.82, 2.24) is 10.3 Å². The van der Waals surface area contributed by atoms with Gasteiger partial charge in [-0.2, -0.15) is 0 Å². The molecule has 2 rings (SSSR count). The molecule has 0 bridgehead atoms. The molecular formula is C15H19FN2S. The van der Waals surface area contributed by atoms with Gasteiger partial charge >= 0.3 is 0 Å². The van der Waals surface area contributed by atoms with E-state index in [4.69, 9.17) is 0 Å². The van der Waals surface area contributed by atoms with E-state index < -0.39 is 0 Å². The van der Waals surface area contributed by atoms with E-state index >= 15 is 0 Å². The summed E-state index contributed by atoms with van der Waals surface area (Å²) < 4.78 is 14.1. The second-order valence-electron chi connectivity index (χ2n) is 4.46. The molecule has 0 amide bonds. The number of rotatable bonds is 5. The third kappa shape index (κ3) is 3.01. The van der Waals surface area contributed by atoms with Crippen molar-refractivity contribution in [1.29, 1.82) is 0 Å². The molecule has 19 heavy (non-hydrogen) atoms. The van der Waals surface area contributed by atoms with Gasteiger partial charge in [0.1, 0.15) is 10.8 Å². The quantitative estimate of drug-likeness (QED) is 0.896. The highest BCUT2D eigenvalue weighted by Crippen LogP contribution is 2.31. The van der Waals surface area contributed by atoms with Crippen LogP contribution in [0.2, 0.25) is 0 Å². The number of nitrogens with one attached hydrogen (secondary N) is 1. The summed E-state index contributed by atoms with van der Waals surface area (Å²) in [5.41, 5.74) is 2.35. The van der Waals surface area contributed by atoms with Gasteiger partial charge in [0.2, 0.25) is 0 Å². The fraction of sp³-hybridized carbons (Fsp3) is 0.400. The fourth-order valence-electron chi connectivity index (χ4n) is 1.96. The van der Waals surface area contributed by atoms with Crippen LogP contribution >= 0.6 is 11.3 Å². The number of nitrogens with zero attached hydrogens (tertiary/aromatic N) is 1. The normalized spacial score (nSPS) is 10.9. The summed E-state index contributed by atoms with van der Waals surface area (Å²) in [5, 5.41) is 4.09. The lowest BCUT2D eigenvalue weighted by Gasteiger charge is -2.01. The number of aromatic nitrogens is 1. The summed E-state index contributed by atoms with van der Waals surface area (Å²) in [6.45, 7) is 7.68. The van der Waals surface area contributed by atoms with E-state index in [1.165, 1.54) is 4.88 Å². The van der Waals surface area contributed by atoms with E-state index in [9.17, 15) is 4.39 Å². The average molecular weight is 278 g/mol. The third-order valence-corrected chi connectivity index (χ3v) is 4.20. The van der Waals surface area contributed by atoms with Crippen molar-refractivity contribution in [2.24, 2.45) is 0 Å². The van der Waals surface area contributed by atoms with Gasteiger partial charge in [-0.05, 0) is 31.5 Å². The topological polar surface area (TPSA) is 24.9 Å². The first-order chi connectivity index (χ1) is 9.17. The van der Waals surface area contributed by atoms with Gasteiger partial charge in [-0.1, -0.05) is 26.0 Å². The van der Waals surface area contributed by atoms with E-state index in [1.54, 1.807) is 30.4 Å². The summed E-state index contributed by atoms with van der Waals surface area (Å²) in [6, 6.07) is 5.47. The zero-order chi connectivity index (χ0) is 13.8. The molecule has 1 aromatic heterocycles. The summed E-state index contributed by atoms with van der Waals surface area (Å²) in [6.07, 6.45) is 0.880. The first-order valence-electron chi connectivity index (χ1n) is 6.62. The molecule has 1 heterocycles. The Balaban J connectivity index is 2.40. The number of benzene rings is 1. The molecule has 0 atom stereocenters. The van der Waals surface area contributed by atoms with Gasteiger partial charge in [-0.3, -0.25) is 0 Å². The first-order valence-corrected chi connectivity index (χ1v) is 7.43. The monoisotopic (exact) mass is 278 g/mol. The van der Waals surface area contributed by atoms with Crippen molar-refractivity contribution >= 4 is 11.3 Å². The summed E-state index contributed by atoms with van der Waals surface area (Å²) >= 11 is 1.59. The minimum Gasteiger partial charge on any atom is -0.312 e. The first kappa shape index (κ1) is 14.2. The van der Waals surface area contributed by atoms with E-state index in [2.05, 4.69) is 24.1 Å². The molecular weight excluding hydrogens is 259 g/mol. The van der Waals surface area contributed by atoms with Crippen LogP contribution in [0.4, 0.5) is 4.39 Å². The maximum Gasteiger partial charge on any atom is 0.136 e. The maximum absolute atomic E-state index is 14.1. The molecule has 0 radical (unpaired) electrons. The standard InChI is InChI=1S/C15H19FN2S/c1-4-12-13(9-17-5-2)19-15(18-12)11-8-6-7-10(3)14(11)16/h6-8,17H,4-5,9H2,1-3H3. The average Bonchev–Trinajstić information content (AvgIpc) is 2.82. The highest BCUT2D eigenvalue weighted by molar-refractivity contribution is 7.15. The summed E-state index contributed by atoms with van der Waals surface area (Å²) in [5.74, 6) is -0.158. The Bertz CT molecular complexity index is 563. The molecule has 0 spiro atoms. The Morgan fingerprint density at radius 3 is 2.79 bits per heavy atom. The van der Waals surface area contributed by atoms with E-state index in [0.717, 1.165) is 30.2 Å². The molecule has 0 saturated carbocycles. The Morgan fingerprint density at radius 1 is 1.32 bits per heavy atom. The van der Waals surface area contributed by atoms with Crippen LogP contribution in [0.25, 0.3) is 10.6 Å². The predicted molar refractivity (Wildman–Crippen MR) is 79.0 cm³/mol. The van der Waals surface area contributed by atoms with Crippen LogP contribution in [0.5, 0.6) is 0 Å². The van der Waals surface area contributed by atoms with Crippen molar-refractivity contribution in [2.75, 3.05) is 6.54 Å². The molecule has 0 aliphatic heterocycles. The van der Waals surface area contributed by atoms with Crippen LogP contribution < -0.4 is 5.32 Å². The second-order valence-corrected chi connectivity index (χ2v) is 5.54. The van der Waals surface area contributed by atoms with Crippen molar-refractivity contribution in [3.63, 3.8) is 0 Å². The number of aryl methyl sites for hydroxylation is 2. The molecule has 0 aliphatic carbocycles. The number of hydrogen-bond acceptors (Lipinski definition) is 3. The smallest absolute Gasteiger partial charge is 0.136 e. The predicted octanol–water partition coefficient (Wildman–Crippen LogP) is 3.93. The van der Waals surface area contributed by atoms with Crippen molar-refractivity contribution < 1.29 is 4.39 Å². The van der Waals surface area contributed by atoms with Gasteiger partial charge in [-0.15, -0.1) is 11.3 Å². The van der Waals surface area contributed by atoms with Gasteiger partial charge in [0.05, 0.1) is 5.69 Å². The largest absolute Gasteiger partial charge is 0.312 e. The van der Waals surface area contributed by atoms with Crippen LogP contribution in [-0.4, -0.2) is 11.5 Å². The second kappa shape index (κ2) is 6.26. The highest BCUT2D eigenvalue weighted by atomic mass is 32.1. The van der Waals surface area contributed by atoms with Gasteiger partial charge in [0.25, 0.3) is 0 Å². The van der Waals surface area contributed by atoms with Gasteiger partial charge in [0, 0.05) is 17.0 Å². The summed E-state index contributed by atoms with van der Waals surface area (Å²) in [7, 11) is 0. The lowest BCUT2D eigenvalue weighted by atomic mass is 10.1. The van der Waals surface area contributed by atoms with Gasteiger partial charge in [-0.25, -0.2) is 9.37 Å². The maximum atomic E-state index is 14.1. The summed E-state index contributed by atoms with van der Waals surface area (Å²) in [4.78, 5) is 5.80. The molecule has 1 aromatic carbocycles. The zero-order valence-electron chi connectivity index (χ0n) is 11.6. The molecule has 1 N–H and O–H groups in total. The van der Waals surface area contributed by atoms with Crippen LogP contribution in [0.1, 0.15) is 30.0 Å². The minimum atomic E-state index is -0.158. The number of halogens is 1. The molecule has 0 fully saturated rings. The molecule has 2 aromatic rings. The molecule has 0 aliphatic rings. The van der Waals surface area contributed by atoms with Crippen LogP contribution in [0.3, 0.4) is 0 Å². The van der Waals surface area contributed by atoms with Gasteiger partial charge in [0.15, 0.2) is 0 Å². The van der Waals surface area contributed by atoms with E-state index in [-0.39, 0.29) is 5.82 Å². The molecule has 4 heteroatoms. The van der Waals surface area contributed by atoms with Gasteiger partial charge < -0.3 is 5.32 Å². The number of thiazole rings is 1. The molecule has 102 valence electrons. The number of hydrogen-bond donors (Lipinski definition) is 1. The fourth-order valence-corrected chi connectivity index (χ4v) is 3.10. The van der Waals surface area contributed by atoms with Crippen LogP contribution in [-0.2, 0) is 13.0 Å². The Kier molecular flexibility index (Phi) is 4.66. The van der Waals surface area contributed by atoms with Crippen LogP contribution in [0.15, 0.2) is 18.2 Å². The SMILES string of the molecule is CCNCc1sc(-c2cccc(C)c2F)nc1CC. The van der Waals surface area contributed by atoms with Crippen molar-refractivity contribution in [3.05, 3.63) is 40.2 Å².